The number of amides is 1. The maximum Gasteiger partial charge on any atom is 0.294 e. The summed E-state index contributed by atoms with van der Waals surface area (Å²) in [5.74, 6) is 0.123. The number of benzene rings is 5. The molecule has 290 valence electrons. The zero-order valence-corrected chi connectivity index (χ0v) is 33.1. The first-order chi connectivity index (χ1) is 26.8. The van der Waals surface area contributed by atoms with Gasteiger partial charge >= 0.3 is 0 Å². The summed E-state index contributed by atoms with van der Waals surface area (Å²) in [4.78, 5) is 14.9. The third-order valence-electron chi connectivity index (χ3n) is 10.2. The summed E-state index contributed by atoms with van der Waals surface area (Å²) in [5.41, 5.74) is 4.60. The molecule has 0 spiro atoms. The van der Waals surface area contributed by atoms with Crippen LogP contribution < -0.4 is 20.1 Å². The highest BCUT2D eigenvalue weighted by atomic mass is 32.2. The SMILES string of the molecule is CNC(=O)C1CCN(S(=O)(=O)c2ccccc2-c2c3ccc(=[N+](C)c4ccc(S(=O)(=O)O)cc4)cc-3oc3cc(N(C)c4ccc(SOO)cc4)ccc23)CC1. The summed E-state index contributed by atoms with van der Waals surface area (Å²) in [6, 6.07) is 31.5. The molecule has 13 nitrogen and oxygen atoms in total. The highest BCUT2D eigenvalue weighted by Gasteiger charge is 2.34. The lowest BCUT2D eigenvalue weighted by Gasteiger charge is -2.31. The minimum absolute atomic E-state index is 0.0918. The number of nitrogens with zero attached hydrogens (tertiary/aromatic N) is 3. The number of anilines is 2. The molecule has 3 aliphatic rings. The first-order valence-corrected chi connectivity index (χ1v) is 21.2. The van der Waals surface area contributed by atoms with Crippen molar-refractivity contribution < 1.29 is 40.2 Å². The molecule has 0 atom stereocenters. The number of carbonyl (C=O) groups is 1. The van der Waals surface area contributed by atoms with Gasteiger partial charge < -0.3 is 14.6 Å². The van der Waals surface area contributed by atoms with E-state index in [1.165, 1.54) is 16.4 Å². The van der Waals surface area contributed by atoms with Gasteiger partial charge in [0.2, 0.25) is 27.0 Å². The van der Waals surface area contributed by atoms with Crippen LogP contribution in [-0.4, -0.2) is 71.1 Å². The first kappa shape index (κ1) is 39.2. The Balaban J connectivity index is 1.40. The lowest BCUT2D eigenvalue weighted by Crippen LogP contribution is -2.42. The lowest BCUT2D eigenvalue weighted by atomic mass is 9.93. The van der Waals surface area contributed by atoms with Crippen LogP contribution in [0.4, 0.5) is 17.1 Å². The van der Waals surface area contributed by atoms with Crippen LogP contribution in [0.15, 0.2) is 128 Å². The lowest BCUT2D eigenvalue weighted by molar-refractivity contribution is -0.125. The first-order valence-electron chi connectivity index (χ1n) is 17.6. The molecule has 4 aromatic rings. The van der Waals surface area contributed by atoms with Crippen LogP contribution in [0, 0.1) is 5.92 Å². The van der Waals surface area contributed by atoms with E-state index in [0.29, 0.717) is 62.2 Å². The molecule has 56 heavy (non-hydrogen) atoms. The summed E-state index contributed by atoms with van der Waals surface area (Å²) in [7, 11) is -3.07. The molecule has 0 aromatic heterocycles. The summed E-state index contributed by atoms with van der Waals surface area (Å²) < 4.78 is 75.8. The topological polar surface area (TPSA) is 170 Å². The van der Waals surface area contributed by atoms with E-state index in [2.05, 4.69) is 9.65 Å². The van der Waals surface area contributed by atoms with Crippen molar-refractivity contribution in [2.75, 3.05) is 39.1 Å². The molecule has 1 fully saturated rings. The maximum absolute atomic E-state index is 14.5. The van der Waals surface area contributed by atoms with Crippen LogP contribution in [0.1, 0.15) is 12.8 Å². The van der Waals surface area contributed by atoms with Crippen LogP contribution in [0.25, 0.3) is 33.4 Å². The van der Waals surface area contributed by atoms with Crippen molar-refractivity contribution in [3.05, 3.63) is 115 Å². The fourth-order valence-electron chi connectivity index (χ4n) is 7.08. The Kier molecular flexibility index (Phi) is 11.1. The molecular weight excluding hydrogens is 777 g/mol. The number of carbonyl (C=O) groups excluding carboxylic acids is 1. The van der Waals surface area contributed by atoms with Gasteiger partial charge in [-0.3, -0.25) is 9.35 Å². The Labute approximate surface area is 328 Å². The fourth-order valence-corrected chi connectivity index (χ4v) is 9.56. The zero-order valence-electron chi connectivity index (χ0n) is 30.6. The molecule has 7 rings (SSSR count). The summed E-state index contributed by atoms with van der Waals surface area (Å²) in [6.45, 7) is 0.424. The van der Waals surface area contributed by atoms with Gasteiger partial charge in [-0.15, -0.1) is 0 Å². The van der Waals surface area contributed by atoms with Crippen molar-refractivity contribution in [2.24, 2.45) is 5.92 Å². The number of fused-ring (bicyclic) bond motifs is 2. The van der Waals surface area contributed by atoms with Crippen LogP contribution in [-0.2, 0) is 29.3 Å². The van der Waals surface area contributed by atoms with Gasteiger partial charge in [0.1, 0.15) is 18.4 Å². The van der Waals surface area contributed by atoms with Gasteiger partial charge in [0.15, 0.2) is 0 Å². The highest BCUT2D eigenvalue weighted by molar-refractivity contribution is 7.94. The Morgan fingerprint density at radius 1 is 0.893 bits per heavy atom. The summed E-state index contributed by atoms with van der Waals surface area (Å²) in [5, 5.41) is 12.9. The second kappa shape index (κ2) is 15.8. The normalized spacial score (nSPS) is 14.9. The maximum atomic E-state index is 14.5. The summed E-state index contributed by atoms with van der Waals surface area (Å²) in [6.07, 6.45) is 0.831. The third kappa shape index (κ3) is 7.69. The van der Waals surface area contributed by atoms with Crippen LogP contribution in [0.5, 0.6) is 0 Å². The van der Waals surface area contributed by atoms with E-state index in [9.17, 15) is 26.2 Å². The Morgan fingerprint density at radius 3 is 2.23 bits per heavy atom. The van der Waals surface area contributed by atoms with Gasteiger partial charge in [0.25, 0.3) is 10.1 Å². The van der Waals surface area contributed by atoms with E-state index in [1.807, 2.05) is 84.2 Å². The minimum atomic E-state index is -4.37. The number of piperidine rings is 1. The van der Waals surface area contributed by atoms with E-state index < -0.39 is 20.1 Å². The number of nitrogens with one attached hydrogen (secondary N) is 1. The standard InChI is InChI=1S/C40H38N4O9S3/c1-41-40(45)26-20-22-44(23-21-26)55(47,48)38-7-5-4-6-35(38)39-33-18-12-29(42(2)27-8-14-31(15-9-27)54-53-46)24-36(33)52-37-25-30(13-19-34(37)39)43(3)28-10-16-32(17-11-28)56(49,50)51/h4-19,24-26H,20-23H2,1-3H3,(H2-,41,45,46,49,50,51)/p+1. The Hall–Kier alpha value is -5.07. The van der Waals surface area contributed by atoms with Crippen molar-refractivity contribution in [1.29, 1.82) is 0 Å². The molecule has 2 heterocycles. The number of sulfonamides is 1. The quantitative estimate of drug-likeness (QED) is 0.0340. The summed E-state index contributed by atoms with van der Waals surface area (Å²) >= 11 is 0.833. The minimum Gasteiger partial charge on any atom is -0.456 e. The van der Waals surface area contributed by atoms with E-state index in [1.54, 1.807) is 43.4 Å². The molecule has 0 saturated carbocycles. The molecule has 16 heteroatoms. The molecule has 0 bridgehead atoms. The van der Waals surface area contributed by atoms with Gasteiger partial charge in [-0.2, -0.15) is 21.6 Å². The molecule has 2 aliphatic heterocycles. The van der Waals surface area contributed by atoms with Crippen molar-refractivity contribution in [1.82, 2.24) is 14.2 Å². The van der Waals surface area contributed by atoms with E-state index in [4.69, 9.17) is 9.67 Å². The van der Waals surface area contributed by atoms with Crippen molar-refractivity contribution in [2.45, 2.75) is 27.5 Å². The largest absolute Gasteiger partial charge is 0.456 e. The second-order valence-corrected chi connectivity index (χ2v) is 17.5. The predicted octanol–water partition coefficient (Wildman–Crippen LogP) is 6.60. The van der Waals surface area contributed by atoms with Crippen molar-refractivity contribution in [3.63, 3.8) is 0 Å². The van der Waals surface area contributed by atoms with Gasteiger partial charge in [-0.25, -0.2) is 13.7 Å². The van der Waals surface area contributed by atoms with Crippen LogP contribution in [0.3, 0.4) is 0 Å². The highest BCUT2D eigenvalue weighted by Crippen LogP contribution is 2.44. The van der Waals surface area contributed by atoms with Gasteiger partial charge in [0, 0.05) is 95.7 Å². The molecule has 1 aliphatic carbocycles. The van der Waals surface area contributed by atoms with Crippen molar-refractivity contribution >= 4 is 66.1 Å². The van der Waals surface area contributed by atoms with Gasteiger partial charge in [0.05, 0.1) is 27.9 Å². The molecule has 1 amide bonds. The van der Waals surface area contributed by atoms with Gasteiger partial charge in [-0.05, 0) is 73.5 Å². The van der Waals surface area contributed by atoms with E-state index in [0.717, 1.165) is 23.4 Å². The van der Waals surface area contributed by atoms with Gasteiger partial charge in [-0.1, -0.05) is 18.2 Å². The second-order valence-electron chi connectivity index (χ2n) is 13.4. The Morgan fingerprint density at radius 2 is 1.57 bits per heavy atom. The molecule has 0 unspecified atom stereocenters. The zero-order chi connectivity index (χ0) is 39.8. The van der Waals surface area contributed by atoms with E-state index in [-0.39, 0.29) is 34.7 Å². The average molecular weight is 816 g/mol. The fraction of sp³-hybridized carbons (Fsp3) is 0.200. The van der Waals surface area contributed by atoms with Crippen LogP contribution >= 0.6 is 12.0 Å². The number of hydrogen-bond acceptors (Lipinski definition) is 10. The Bertz CT molecular complexity index is 2690. The predicted molar refractivity (Wildman–Crippen MR) is 215 cm³/mol. The monoisotopic (exact) mass is 815 g/mol. The molecule has 1 saturated heterocycles. The smallest absolute Gasteiger partial charge is 0.294 e. The third-order valence-corrected chi connectivity index (χ3v) is 13.6. The number of hydrogen-bond donors (Lipinski definition) is 3. The van der Waals surface area contributed by atoms with Crippen molar-refractivity contribution in [3.8, 4) is 22.5 Å². The molecular formula is C40H39N4O9S3+. The number of rotatable bonds is 10. The molecule has 3 N–H and O–H groups in total. The average Bonchev–Trinajstić information content (AvgIpc) is 3.21. The van der Waals surface area contributed by atoms with Crippen LogP contribution in [0.2, 0.25) is 0 Å². The molecule has 4 aromatic carbocycles. The molecule has 0 radical (unpaired) electrons. The van der Waals surface area contributed by atoms with E-state index >= 15 is 0 Å².